The molecule has 1 aromatic carbocycles. The Morgan fingerprint density at radius 1 is 1.07 bits per heavy atom. The van der Waals surface area contributed by atoms with E-state index in [0.717, 1.165) is 17.7 Å². The number of hydrogen-bond donors (Lipinski definition) is 0. The summed E-state index contributed by atoms with van der Waals surface area (Å²) in [7, 11) is -3.70. The second kappa shape index (κ2) is 7.84. The Morgan fingerprint density at radius 2 is 1.75 bits per heavy atom. The molecule has 0 amide bonds. The third-order valence-corrected chi connectivity index (χ3v) is 6.94. The van der Waals surface area contributed by atoms with Crippen LogP contribution in [-0.4, -0.2) is 49.0 Å². The Balaban J connectivity index is 1.67. The zero-order chi connectivity index (χ0) is 20.5. The fourth-order valence-corrected chi connectivity index (χ4v) is 5.14. The fraction of sp³-hybridized carbons (Fsp3) is 0.500. The summed E-state index contributed by atoms with van der Waals surface area (Å²) >= 11 is 0. The van der Waals surface area contributed by atoms with Gasteiger partial charge in [0.05, 0.1) is 5.56 Å². The lowest BCUT2D eigenvalue weighted by Gasteiger charge is -2.22. The maximum atomic E-state index is 12.9. The molecule has 1 aliphatic rings. The summed E-state index contributed by atoms with van der Waals surface area (Å²) in [4.78, 5) is 2.16. The predicted molar refractivity (Wildman–Crippen MR) is 96.1 cm³/mol. The van der Waals surface area contributed by atoms with Crippen LogP contribution in [0.1, 0.15) is 29.0 Å². The summed E-state index contributed by atoms with van der Waals surface area (Å²) < 4.78 is 70.3. The predicted octanol–water partition coefficient (Wildman–Crippen LogP) is 3.21. The van der Waals surface area contributed by atoms with Crippen molar-refractivity contribution in [2.75, 3.05) is 26.2 Å². The average molecular weight is 417 g/mol. The monoisotopic (exact) mass is 417 g/mol. The molecule has 1 aliphatic heterocycles. The Hall–Kier alpha value is -1.91. The van der Waals surface area contributed by atoms with Crippen molar-refractivity contribution in [2.45, 2.75) is 37.9 Å². The van der Waals surface area contributed by atoms with Crippen LogP contribution < -0.4 is 0 Å². The minimum absolute atomic E-state index is 0.115. The second-order valence-corrected chi connectivity index (χ2v) is 8.76. The fourth-order valence-electron chi connectivity index (χ4n) is 3.38. The number of benzene rings is 1. The minimum Gasteiger partial charge on any atom is -0.360 e. The van der Waals surface area contributed by atoms with E-state index in [1.54, 1.807) is 13.8 Å². The number of aryl methyl sites for hydroxylation is 2. The van der Waals surface area contributed by atoms with Crippen molar-refractivity contribution < 1.29 is 26.1 Å². The molecule has 1 fully saturated rings. The molecule has 0 bridgehead atoms. The first-order valence-electron chi connectivity index (χ1n) is 8.90. The molecule has 0 unspecified atom stereocenters. The van der Waals surface area contributed by atoms with Gasteiger partial charge in [-0.3, -0.25) is 4.90 Å². The second-order valence-electron chi connectivity index (χ2n) is 6.88. The largest absolute Gasteiger partial charge is 0.416 e. The van der Waals surface area contributed by atoms with Gasteiger partial charge in [0.2, 0.25) is 10.0 Å². The van der Waals surface area contributed by atoms with Crippen molar-refractivity contribution in [3.8, 4) is 0 Å². The van der Waals surface area contributed by atoms with Crippen LogP contribution in [0.3, 0.4) is 0 Å². The molecule has 0 saturated carbocycles. The highest BCUT2D eigenvalue weighted by atomic mass is 32.2. The van der Waals surface area contributed by atoms with E-state index in [4.69, 9.17) is 4.52 Å². The molecule has 2 heterocycles. The Labute approximate surface area is 162 Å². The topological polar surface area (TPSA) is 66.7 Å². The molecule has 2 aromatic rings. The standard InChI is InChI=1S/C18H22F3N3O3S/c1-13-17(14(2)27-22-13)28(25,26)24-9-3-8-23(10-11-24)12-15-4-6-16(7-5-15)18(19,20)21/h4-7H,3,8-12H2,1-2H3. The molecular formula is C18H22F3N3O3S. The Morgan fingerprint density at radius 3 is 2.32 bits per heavy atom. The van der Waals surface area contributed by atoms with Gasteiger partial charge in [-0.05, 0) is 44.5 Å². The van der Waals surface area contributed by atoms with Gasteiger partial charge in [-0.2, -0.15) is 17.5 Å². The third-order valence-electron chi connectivity index (χ3n) is 4.80. The summed E-state index contributed by atoms with van der Waals surface area (Å²) in [5, 5.41) is 3.72. The van der Waals surface area contributed by atoms with Crippen LogP contribution in [0, 0.1) is 13.8 Å². The van der Waals surface area contributed by atoms with Gasteiger partial charge in [0.25, 0.3) is 0 Å². The van der Waals surface area contributed by atoms with Crippen LogP contribution in [-0.2, 0) is 22.7 Å². The molecule has 154 valence electrons. The van der Waals surface area contributed by atoms with Crippen molar-refractivity contribution in [3.05, 3.63) is 46.8 Å². The highest BCUT2D eigenvalue weighted by molar-refractivity contribution is 7.89. The van der Waals surface area contributed by atoms with Crippen molar-refractivity contribution in [1.82, 2.24) is 14.4 Å². The lowest BCUT2D eigenvalue weighted by Crippen LogP contribution is -2.35. The Bertz CT molecular complexity index is 904. The summed E-state index contributed by atoms with van der Waals surface area (Å²) in [6.45, 7) is 5.46. The van der Waals surface area contributed by atoms with E-state index in [1.807, 2.05) is 4.90 Å². The van der Waals surface area contributed by atoms with Gasteiger partial charge in [0, 0.05) is 26.2 Å². The first-order chi connectivity index (χ1) is 13.1. The summed E-state index contributed by atoms with van der Waals surface area (Å²) in [6, 6.07) is 5.07. The molecule has 3 rings (SSSR count). The number of sulfonamides is 1. The quantitative estimate of drug-likeness (QED) is 0.764. The first-order valence-corrected chi connectivity index (χ1v) is 10.3. The molecule has 28 heavy (non-hydrogen) atoms. The molecule has 0 radical (unpaired) electrons. The molecule has 6 nitrogen and oxygen atoms in total. The number of rotatable bonds is 4. The number of alkyl halides is 3. The number of halogens is 3. The van der Waals surface area contributed by atoms with Crippen LogP contribution in [0.2, 0.25) is 0 Å². The van der Waals surface area contributed by atoms with Gasteiger partial charge in [-0.15, -0.1) is 0 Å². The van der Waals surface area contributed by atoms with E-state index in [-0.39, 0.29) is 10.7 Å². The van der Waals surface area contributed by atoms with E-state index >= 15 is 0 Å². The summed E-state index contributed by atoms with van der Waals surface area (Å²) in [5.41, 5.74) is 0.419. The normalized spacial score (nSPS) is 17.6. The van der Waals surface area contributed by atoms with Crippen LogP contribution in [0.4, 0.5) is 13.2 Å². The third kappa shape index (κ3) is 4.39. The number of hydrogen-bond acceptors (Lipinski definition) is 5. The smallest absolute Gasteiger partial charge is 0.360 e. The van der Waals surface area contributed by atoms with Crippen LogP contribution in [0.25, 0.3) is 0 Å². The van der Waals surface area contributed by atoms with E-state index in [1.165, 1.54) is 16.4 Å². The van der Waals surface area contributed by atoms with Gasteiger partial charge >= 0.3 is 6.18 Å². The molecule has 1 saturated heterocycles. The van der Waals surface area contributed by atoms with Crippen LogP contribution in [0.15, 0.2) is 33.7 Å². The molecule has 10 heteroatoms. The average Bonchev–Trinajstić information content (AvgIpc) is 2.81. The molecule has 1 aromatic heterocycles. The summed E-state index contributed by atoms with van der Waals surface area (Å²) in [6.07, 6.45) is -3.72. The maximum Gasteiger partial charge on any atom is 0.416 e. The van der Waals surface area contributed by atoms with Crippen LogP contribution in [0.5, 0.6) is 0 Å². The van der Waals surface area contributed by atoms with Crippen molar-refractivity contribution in [3.63, 3.8) is 0 Å². The lowest BCUT2D eigenvalue weighted by atomic mass is 10.1. The van der Waals surface area contributed by atoms with E-state index in [9.17, 15) is 21.6 Å². The van der Waals surface area contributed by atoms with Crippen molar-refractivity contribution >= 4 is 10.0 Å². The van der Waals surface area contributed by atoms with Crippen molar-refractivity contribution in [1.29, 1.82) is 0 Å². The number of aromatic nitrogens is 1. The van der Waals surface area contributed by atoms with Gasteiger partial charge in [0.15, 0.2) is 5.76 Å². The van der Waals surface area contributed by atoms with Gasteiger partial charge in [-0.1, -0.05) is 17.3 Å². The Kier molecular flexibility index (Phi) is 5.83. The minimum atomic E-state index is -4.35. The summed E-state index contributed by atoms with van der Waals surface area (Å²) in [5.74, 6) is 0.267. The lowest BCUT2D eigenvalue weighted by molar-refractivity contribution is -0.137. The van der Waals surface area contributed by atoms with E-state index in [2.05, 4.69) is 5.16 Å². The van der Waals surface area contributed by atoms with Crippen molar-refractivity contribution in [2.24, 2.45) is 0 Å². The SMILES string of the molecule is Cc1noc(C)c1S(=O)(=O)N1CCCN(Cc2ccc(C(F)(F)F)cc2)CC1. The van der Waals surface area contributed by atoms with E-state index in [0.29, 0.717) is 44.8 Å². The number of nitrogens with zero attached hydrogens (tertiary/aromatic N) is 3. The maximum absolute atomic E-state index is 12.9. The van der Waals surface area contributed by atoms with E-state index < -0.39 is 21.8 Å². The molecule has 0 spiro atoms. The first kappa shape index (κ1) is 20.8. The van der Waals surface area contributed by atoms with Crippen LogP contribution >= 0.6 is 0 Å². The highest BCUT2D eigenvalue weighted by Crippen LogP contribution is 2.29. The molecular weight excluding hydrogens is 395 g/mol. The highest BCUT2D eigenvalue weighted by Gasteiger charge is 2.32. The van der Waals surface area contributed by atoms with Gasteiger partial charge in [0.1, 0.15) is 10.6 Å². The zero-order valence-corrected chi connectivity index (χ0v) is 16.5. The zero-order valence-electron chi connectivity index (χ0n) is 15.7. The van der Waals surface area contributed by atoms with Gasteiger partial charge in [-0.25, -0.2) is 8.42 Å². The molecule has 0 aliphatic carbocycles. The van der Waals surface area contributed by atoms with Gasteiger partial charge < -0.3 is 4.52 Å². The molecule has 0 atom stereocenters. The molecule has 0 N–H and O–H groups in total.